The van der Waals surface area contributed by atoms with Crippen molar-refractivity contribution in [2.45, 2.75) is 71.0 Å². The van der Waals surface area contributed by atoms with Gasteiger partial charge >= 0.3 is 0 Å². The second kappa shape index (κ2) is 7.01. The zero-order valence-electron chi connectivity index (χ0n) is 15.8. The summed E-state index contributed by atoms with van der Waals surface area (Å²) in [6.07, 6.45) is 4.16. The van der Waals surface area contributed by atoms with Gasteiger partial charge in [0, 0.05) is 17.2 Å². The number of hydrogen-bond acceptors (Lipinski definition) is 6. The molecule has 1 spiro atoms. The Morgan fingerprint density at radius 1 is 1.46 bits per heavy atom. The minimum absolute atomic E-state index is 0.0323. The third-order valence-electron chi connectivity index (χ3n) is 7.28. The maximum absolute atomic E-state index is 13.4. The van der Waals surface area contributed by atoms with E-state index in [1.807, 2.05) is 6.92 Å². The number of nitrogens with one attached hydrogen (secondary N) is 1. The number of sulfonamides is 1. The van der Waals surface area contributed by atoms with Crippen LogP contribution in [0, 0.1) is 16.7 Å². The van der Waals surface area contributed by atoms with Crippen molar-refractivity contribution in [1.82, 2.24) is 9.62 Å². The van der Waals surface area contributed by atoms with Crippen LogP contribution in [0.4, 0.5) is 0 Å². The highest BCUT2D eigenvalue weighted by Gasteiger charge is 2.72. The number of carbonyl (C=O) groups excluding carboxylic acids is 1. The van der Waals surface area contributed by atoms with E-state index in [1.165, 1.54) is 4.31 Å². The maximum atomic E-state index is 13.4. The summed E-state index contributed by atoms with van der Waals surface area (Å²) in [5.74, 6) is 0.788. The van der Waals surface area contributed by atoms with E-state index in [-0.39, 0.29) is 34.6 Å². The number of rotatable bonds is 7. The minimum atomic E-state index is -3.58. The molecule has 0 aromatic rings. The molecule has 2 bridgehead atoms. The largest absolute Gasteiger partial charge is 0.298 e. The van der Waals surface area contributed by atoms with Crippen molar-refractivity contribution >= 4 is 46.1 Å². The van der Waals surface area contributed by atoms with Crippen LogP contribution < -0.4 is 5.32 Å². The molecule has 3 rings (SSSR count). The molecule has 1 amide bonds. The van der Waals surface area contributed by atoms with Gasteiger partial charge in [-0.05, 0) is 42.4 Å². The van der Waals surface area contributed by atoms with E-state index in [0.29, 0.717) is 18.1 Å². The van der Waals surface area contributed by atoms with E-state index >= 15 is 0 Å². The zero-order valence-corrected chi connectivity index (χ0v) is 18.3. The van der Waals surface area contributed by atoms with E-state index in [1.54, 1.807) is 5.37 Å². The lowest BCUT2D eigenvalue weighted by molar-refractivity contribution is -0.131. The second-order valence-electron chi connectivity index (χ2n) is 8.69. The number of thiol groups is 1. The minimum Gasteiger partial charge on any atom is -0.298 e. The Bertz CT molecular complexity index is 694. The highest BCUT2D eigenvalue weighted by atomic mass is 32.2. The van der Waals surface area contributed by atoms with Gasteiger partial charge in [0.15, 0.2) is 0 Å². The molecule has 2 saturated carbocycles. The van der Waals surface area contributed by atoms with Gasteiger partial charge in [0.05, 0.1) is 17.8 Å². The van der Waals surface area contributed by atoms with Crippen LogP contribution in [0.5, 0.6) is 0 Å². The van der Waals surface area contributed by atoms with Crippen molar-refractivity contribution in [2.75, 3.05) is 11.5 Å². The fourth-order valence-electron chi connectivity index (χ4n) is 5.69. The van der Waals surface area contributed by atoms with Crippen molar-refractivity contribution in [2.24, 2.45) is 16.7 Å². The Morgan fingerprint density at radius 3 is 2.69 bits per heavy atom. The highest BCUT2D eigenvalue weighted by Crippen LogP contribution is 2.70. The van der Waals surface area contributed by atoms with Gasteiger partial charge in [-0.15, -0.1) is 0 Å². The molecule has 0 aromatic carbocycles. The number of fused-ring (bicyclic) bond motifs is 1. The molecule has 8 heteroatoms. The zero-order chi connectivity index (χ0) is 19.3. The summed E-state index contributed by atoms with van der Waals surface area (Å²) in [6.45, 7) is 6.38. The molecule has 1 N–H and O–H groups in total. The standard InChI is InChI=1S/C18H30N2O3S3/c1-4-5-14(19-13(9-24)10-25)16(21)20-15-8-12-6-7-18(15,17(12,2)3)11-26(20,22)23/h9,12-15,19,25H,4-8,10-11H2,1-3H3/t12?,13?,14-,15?,18+/m0/s1. The Morgan fingerprint density at radius 2 is 2.15 bits per heavy atom. The number of carbonyl (C=O) groups is 1. The van der Waals surface area contributed by atoms with Crippen LogP contribution in [0.25, 0.3) is 0 Å². The molecule has 3 aliphatic rings. The summed E-state index contributed by atoms with van der Waals surface area (Å²) >= 11 is 9.27. The number of nitrogens with zero attached hydrogens (tertiary/aromatic N) is 1. The quantitative estimate of drug-likeness (QED) is 0.491. The van der Waals surface area contributed by atoms with Crippen LogP contribution in [0.2, 0.25) is 0 Å². The molecular formula is C18H30N2O3S3. The van der Waals surface area contributed by atoms with Crippen molar-refractivity contribution < 1.29 is 13.2 Å². The van der Waals surface area contributed by atoms with Gasteiger partial charge in [0.2, 0.25) is 10.0 Å². The molecule has 1 heterocycles. The topological polar surface area (TPSA) is 66.5 Å². The van der Waals surface area contributed by atoms with Crippen LogP contribution in [0.15, 0.2) is 0 Å². The van der Waals surface area contributed by atoms with Crippen molar-refractivity contribution in [1.29, 1.82) is 0 Å². The second-order valence-corrected chi connectivity index (χ2v) is 11.2. The summed E-state index contributed by atoms with van der Waals surface area (Å²) in [6, 6.07) is -0.912. The Hall–Kier alpha value is -0.180. The first kappa shape index (κ1) is 20.6. The molecule has 148 valence electrons. The van der Waals surface area contributed by atoms with Crippen molar-refractivity contribution in [3.8, 4) is 0 Å². The Labute approximate surface area is 168 Å². The lowest BCUT2D eigenvalue weighted by atomic mass is 9.69. The summed E-state index contributed by atoms with van der Waals surface area (Å²) < 4.78 is 27.4. The van der Waals surface area contributed by atoms with Crippen LogP contribution in [-0.2, 0) is 14.8 Å². The summed E-state index contributed by atoms with van der Waals surface area (Å²) in [4.78, 5) is 13.4. The maximum Gasteiger partial charge on any atom is 0.253 e. The normalized spacial score (nSPS) is 35.9. The molecule has 1 saturated heterocycles. The molecule has 2 aliphatic carbocycles. The third-order valence-corrected chi connectivity index (χ3v) is 9.92. The first-order valence-electron chi connectivity index (χ1n) is 9.52. The lowest BCUT2D eigenvalue weighted by Crippen LogP contribution is -2.54. The van der Waals surface area contributed by atoms with Gasteiger partial charge in [0.25, 0.3) is 5.91 Å². The molecule has 3 fully saturated rings. The van der Waals surface area contributed by atoms with Crippen molar-refractivity contribution in [3.63, 3.8) is 0 Å². The number of hydrogen-bond donors (Lipinski definition) is 2. The average Bonchev–Trinajstić information content (AvgIpc) is 3.05. The molecule has 0 aromatic heterocycles. The third kappa shape index (κ3) is 2.86. The smallest absolute Gasteiger partial charge is 0.253 e. The van der Waals surface area contributed by atoms with Gasteiger partial charge in [-0.25, -0.2) is 12.7 Å². The van der Waals surface area contributed by atoms with Gasteiger partial charge in [-0.1, -0.05) is 39.4 Å². The molecule has 5 nitrogen and oxygen atoms in total. The van der Waals surface area contributed by atoms with Gasteiger partial charge < -0.3 is 0 Å². The fourth-order valence-corrected chi connectivity index (χ4v) is 8.80. The monoisotopic (exact) mass is 418 g/mol. The van der Waals surface area contributed by atoms with Crippen LogP contribution in [-0.4, -0.2) is 53.6 Å². The van der Waals surface area contributed by atoms with Crippen molar-refractivity contribution in [3.05, 3.63) is 0 Å². The van der Waals surface area contributed by atoms with Gasteiger partial charge in [-0.3, -0.25) is 10.1 Å². The SMILES string of the molecule is CCC[C@H](NC(C=S)CS)C(=O)N1C2CC3CC[C@]2(CS1(=O)=O)C3(C)C. The summed E-state index contributed by atoms with van der Waals surface area (Å²) in [5, 5.41) is 4.78. The highest BCUT2D eigenvalue weighted by molar-refractivity contribution is 7.90. The first-order chi connectivity index (χ1) is 12.1. The molecule has 0 radical (unpaired) electrons. The first-order valence-corrected chi connectivity index (χ1v) is 12.2. The predicted octanol–water partition coefficient (Wildman–Crippen LogP) is 2.41. The Kier molecular flexibility index (Phi) is 5.54. The molecule has 3 unspecified atom stereocenters. The van der Waals surface area contributed by atoms with E-state index in [4.69, 9.17) is 12.2 Å². The summed E-state index contributed by atoms with van der Waals surface area (Å²) in [7, 11) is -3.58. The van der Waals surface area contributed by atoms with E-state index < -0.39 is 16.1 Å². The number of thiocarbonyl (C=S) groups is 1. The van der Waals surface area contributed by atoms with Gasteiger partial charge in [0.1, 0.15) is 0 Å². The molecule has 1 aliphatic heterocycles. The fraction of sp³-hybridized carbons (Fsp3) is 0.889. The van der Waals surface area contributed by atoms with Gasteiger partial charge in [-0.2, -0.15) is 12.6 Å². The van der Waals surface area contributed by atoms with E-state index in [0.717, 1.165) is 25.7 Å². The van der Waals surface area contributed by atoms with Crippen LogP contribution in [0.1, 0.15) is 52.9 Å². The molecule has 5 atom stereocenters. The summed E-state index contributed by atoms with van der Waals surface area (Å²) in [5.41, 5.74) is -0.314. The average molecular weight is 419 g/mol. The lowest BCUT2D eigenvalue weighted by Gasteiger charge is -2.37. The van der Waals surface area contributed by atoms with E-state index in [2.05, 4.69) is 31.8 Å². The predicted molar refractivity (Wildman–Crippen MR) is 111 cm³/mol. The van der Waals surface area contributed by atoms with Crippen LogP contribution >= 0.6 is 24.8 Å². The van der Waals surface area contributed by atoms with E-state index in [9.17, 15) is 13.2 Å². The molecule has 26 heavy (non-hydrogen) atoms. The Balaban J connectivity index is 1.92. The molecular weight excluding hydrogens is 388 g/mol. The number of amides is 1. The van der Waals surface area contributed by atoms with Crippen LogP contribution in [0.3, 0.4) is 0 Å².